The lowest BCUT2D eigenvalue weighted by Crippen LogP contribution is -2.47. The number of amides is 1. The van der Waals surface area contributed by atoms with E-state index < -0.39 is 11.9 Å². The van der Waals surface area contributed by atoms with Crippen LogP contribution in [-0.4, -0.2) is 48.1 Å². The van der Waals surface area contributed by atoms with Crippen LogP contribution in [0.1, 0.15) is 83.8 Å². The normalized spacial score (nSPS) is 22.5. The summed E-state index contributed by atoms with van der Waals surface area (Å²) in [4.78, 5) is 27.3. The molecule has 0 radical (unpaired) electrons. The summed E-state index contributed by atoms with van der Waals surface area (Å²) < 4.78 is 0. The van der Waals surface area contributed by atoms with Crippen molar-refractivity contribution >= 4 is 35.9 Å². The van der Waals surface area contributed by atoms with Crippen molar-refractivity contribution in [2.75, 3.05) is 26.2 Å². The molecule has 1 aliphatic heterocycles. The molecule has 1 aromatic rings. The van der Waals surface area contributed by atoms with Gasteiger partial charge in [-0.05, 0) is 54.4 Å². The molecule has 1 saturated heterocycles. The van der Waals surface area contributed by atoms with Gasteiger partial charge >= 0.3 is 5.97 Å². The Bertz CT molecular complexity index is 770. The van der Waals surface area contributed by atoms with Crippen LogP contribution < -0.4 is 5.32 Å². The number of benzene rings is 1. The summed E-state index contributed by atoms with van der Waals surface area (Å²) in [6.45, 7) is 2.97. The highest BCUT2D eigenvalue weighted by molar-refractivity contribution is 6.32. The Morgan fingerprint density at radius 2 is 1.72 bits per heavy atom. The van der Waals surface area contributed by atoms with Crippen LogP contribution in [0.4, 0.5) is 0 Å². The molecule has 7 heteroatoms. The SMILES string of the molecule is Cl.O=C(O)C1CCc2c1cc(Cl)c(C1CCCCCC1)c2C(=O)N1CCNCC1. The Morgan fingerprint density at radius 3 is 2.34 bits per heavy atom. The molecule has 1 amide bonds. The molecule has 1 saturated carbocycles. The van der Waals surface area contributed by atoms with E-state index in [9.17, 15) is 14.7 Å². The predicted molar refractivity (Wildman–Crippen MR) is 117 cm³/mol. The van der Waals surface area contributed by atoms with Gasteiger partial charge in [-0.1, -0.05) is 37.3 Å². The number of hydrogen-bond acceptors (Lipinski definition) is 3. The van der Waals surface area contributed by atoms with Crippen LogP contribution in [0, 0.1) is 0 Å². The molecule has 5 nitrogen and oxygen atoms in total. The van der Waals surface area contributed by atoms with Gasteiger partial charge in [0.05, 0.1) is 5.92 Å². The first kappa shape index (κ1) is 22.4. The highest BCUT2D eigenvalue weighted by atomic mass is 35.5. The van der Waals surface area contributed by atoms with Crippen LogP contribution in [0.15, 0.2) is 6.07 Å². The number of halogens is 2. The molecule has 2 N–H and O–H groups in total. The van der Waals surface area contributed by atoms with Crippen molar-refractivity contribution in [3.63, 3.8) is 0 Å². The van der Waals surface area contributed by atoms with Gasteiger partial charge in [0, 0.05) is 36.8 Å². The molecule has 1 heterocycles. The molecule has 29 heavy (non-hydrogen) atoms. The first-order valence-corrected chi connectivity index (χ1v) is 11.0. The molecule has 1 atom stereocenters. The molecule has 2 fully saturated rings. The minimum absolute atomic E-state index is 0. The van der Waals surface area contributed by atoms with Crippen molar-refractivity contribution in [3.05, 3.63) is 33.3 Å². The van der Waals surface area contributed by atoms with Crippen molar-refractivity contribution in [2.45, 2.75) is 63.2 Å². The smallest absolute Gasteiger partial charge is 0.310 e. The number of piperazine rings is 1. The number of nitrogens with zero attached hydrogens (tertiary/aromatic N) is 1. The second-order valence-electron chi connectivity index (χ2n) is 8.38. The second kappa shape index (κ2) is 9.67. The molecular weight excluding hydrogens is 411 g/mol. The fourth-order valence-corrected chi connectivity index (χ4v) is 5.61. The van der Waals surface area contributed by atoms with Gasteiger partial charge in [0.2, 0.25) is 0 Å². The summed E-state index contributed by atoms with van der Waals surface area (Å²) in [5.74, 6) is -1.03. The molecule has 0 spiro atoms. The number of carboxylic acid groups (broad SMARTS) is 1. The zero-order valence-electron chi connectivity index (χ0n) is 16.7. The van der Waals surface area contributed by atoms with Gasteiger partial charge in [-0.15, -0.1) is 12.4 Å². The van der Waals surface area contributed by atoms with Gasteiger partial charge in [0.25, 0.3) is 5.91 Å². The number of fused-ring (bicyclic) bond motifs is 1. The van der Waals surface area contributed by atoms with Gasteiger partial charge in [-0.3, -0.25) is 9.59 Å². The molecule has 3 aliphatic rings. The number of rotatable bonds is 3. The minimum Gasteiger partial charge on any atom is -0.481 e. The maximum Gasteiger partial charge on any atom is 0.310 e. The van der Waals surface area contributed by atoms with Crippen molar-refractivity contribution in [1.82, 2.24) is 10.2 Å². The third kappa shape index (κ3) is 4.42. The highest BCUT2D eigenvalue weighted by Gasteiger charge is 2.37. The van der Waals surface area contributed by atoms with E-state index in [4.69, 9.17) is 11.6 Å². The third-order valence-electron chi connectivity index (χ3n) is 6.70. The number of carbonyl (C=O) groups is 2. The average molecular weight is 441 g/mol. The van der Waals surface area contributed by atoms with Gasteiger partial charge in [-0.2, -0.15) is 0 Å². The Morgan fingerprint density at radius 1 is 1.07 bits per heavy atom. The largest absolute Gasteiger partial charge is 0.481 e. The van der Waals surface area contributed by atoms with Gasteiger partial charge in [0.1, 0.15) is 0 Å². The van der Waals surface area contributed by atoms with Crippen LogP contribution >= 0.6 is 24.0 Å². The Balaban J connectivity index is 0.00000240. The lowest BCUT2D eigenvalue weighted by atomic mass is 9.83. The highest BCUT2D eigenvalue weighted by Crippen LogP contribution is 2.45. The van der Waals surface area contributed by atoms with Crippen LogP contribution in [0.5, 0.6) is 0 Å². The molecular formula is C22H30Cl2N2O3. The first-order chi connectivity index (χ1) is 13.6. The molecule has 2 aliphatic carbocycles. The van der Waals surface area contributed by atoms with Crippen LogP contribution in [-0.2, 0) is 11.2 Å². The zero-order valence-corrected chi connectivity index (χ0v) is 18.3. The van der Waals surface area contributed by atoms with E-state index >= 15 is 0 Å². The van der Waals surface area contributed by atoms with Gasteiger partial charge < -0.3 is 15.3 Å². The number of hydrogen-bond donors (Lipinski definition) is 2. The number of carboxylic acids is 1. The van der Waals surface area contributed by atoms with E-state index in [1.807, 2.05) is 11.0 Å². The van der Waals surface area contributed by atoms with Crippen molar-refractivity contribution < 1.29 is 14.7 Å². The molecule has 160 valence electrons. The van der Waals surface area contributed by atoms with E-state index in [1.165, 1.54) is 12.8 Å². The maximum absolute atomic E-state index is 13.6. The van der Waals surface area contributed by atoms with Crippen LogP contribution in [0.2, 0.25) is 5.02 Å². The van der Waals surface area contributed by atoms with Crippen molar-refractivity contribution in [3.8, 4) is 0 Å². The number of aliphatic carboxylic acids is 1. The Kier molecular flexibility index (Phi) is 7.47. The van der Waals surface area contributed by atoms with Gasteiger partial charge in [-0.25, -0.2) is 0 Å². The molecule has 4 rings (SSSR count). The maximum atomic E-state index is 13.6. The van der Waals surface area contributed by atoms with Crippen molar-refractivity contribution in [1.29, 1.82) is 0 Å². The number of carbonyl (C=O) groups excluding carboxylic acids is 1. The molecule has 1 aromatic carbocycles. The van der Waals surface area contributed by atoms with E-state index in [-0.39, 0.29) is 18.3 Å². The zero-order chi connectivity index (χ0) is 19.7. The summed E-state index contributed by atoms with van der Waals surface area (Å²) in [6.07, 6.45) is 8.12. The fourth-order valence-electron chi connectivity index (χ4n) is 5.25. The minimum atomic E-state index is -0.822. The topological polar surface area (TPSA) is 69.6 Å². The van der Waals surface area contributed by atoms with E-state index in [0.29, 0.717) is 36.9 Å². The predicted octanol–water partition coefficient (Wildman–Crippen LogP) is 4.36. The van der Waals surface area contributed by atoms with Crippen LogP contribution in [0.25, 0.3) is 0 Å². The van der Waals surface area contributed by atoms with Crippen LogP contribution in [0.3, 0.4) is 0 Å². The number of nitrogens with one attached hydrogen (secondary N) is 1. The van der Waals surface area contributed by atoms with Gasteiger partial charge in [0.15, 0.2) is 0 Å². The monoisotopic (exact) mass is 440 g/mol. The first-order valence-electron chi connectivity index (χ1n) is 10.7. The average Bonchev–Trinajstić information content (AvgIpc) is 2.93. The Hall–Kier alpha value is -1.30. The standard InChI is InChI=1S/C22H29ClN2O3.ClH/c23-18-13-17-15(7-8-16(17)22(27)28)20(21(26)25-11-9-24-10-12-25)19(18)14-5-3-1-2-4-6-14;/h13-14,16,24H,1-12H2,(H,27,28);1H. The lowest BCUT2D eigenvalue weighted by molar-refractivity contribution is -0.138. The fraction of sp³-hybridized carbons (Fsp3) is 0.636. The summed E-state index contributed by atoms with van der Waals surface area (Å²) in [7, 11) is 0. The Labute approximate surface area is 183 Å². The summed E-state index contributed by atoms with van der Waals surface area (Å²) in [5.41, 5.74) is 3.44. The lowest BCUT2D eigenvalue weighted by Gasteiger charge is -2.31. The second-order valence-corrected chi connectivity index (χ2v) is 8.78. The van der Waals surface area contributed by atoms with E-state index in [2.05, 4.69) is 5.32 Å². The van der Waals surface area contributed by atoms with E-state index in [1.54, 1.807) is 0 Å². The molecule has 1 unspecified atom stereocenters. The summed E-state index contributed by atoms with van der Waals surface area (Å²) >= 11 is 6.78. The van der Waals surface area contributed by atoms with Crippen molar-refractivity contribution in [2.24, 2.45) is 0 Å². The molecule has 0 aromatic heterocycles. The quantitative estimate of drug-likeness (QED) is 0.684. The third-order valence-corrected chi connectivity index (χ3v) is 7.01. The summed E-state index contributed by atoms with van der Waals surface area (Å²) in [5, 5.41) is 13.5. The summed E-state index contributed by atoms with van der Waals surface area (Å²) in [6, 6.07) is 1.86. The van der Waals surface area contributed by atoms with E-state index in [0.717, 1.165) is 61.0 Å². The molecule has 0 bridgehead atoms.